The Labute approximate surface area is 160 Å². The third-order valence-electron chi connectivity index (χ3n) is 6.36. The van der Waals surface area contributed by atoms with E-state index in [1.165, 1.54) is 5.56 Å². The average molecular weight is 368 g/mol. The van der Waals surface area contributed by atoms with Crippen LogP contribution in [0.5, 0.6) is 0 Å². The molecule has 2 aliphatic heterocycles. The van der Waals surface area contributed by atoms with Crippen molar-refractivity contribution in [1.29, 1.82) is 0 Å². The zero-order valence-corrected chi connectivity index (χ0v) is 16.4. The minimum Gasteiger partial charge on any atom is -0.342 e. The maximum absolute atomic E-state index is 12.8. The summed E-state index contributed by atoms with van der Waals surface area (Å²) in [6.07, 6.45) is 3.64. The molecule has 3 heterocycles. The van der Waals surface area contributed by atoms with Crippen molar-refractivity contribution in [1.82, 2.24) is 19.9 Å². The normalized spacial score (nSPS) is 22.5. The highest BCUT2D eigenvalue weighted by Crippen LogP contribution is 2.47. The first kappa shape index (κ1) is 18.2. The molecule has 1 unspecified atom stereocenters. The van der Waals surface area contributed by atoms with Crippen molar-refractivity contribution in [2.75, 3.05) is 26.7 Å². The fourth-order valence-electron chi connectivity index (χ4n) is 4.68. The van der Waals surface area contributed by atoms with Gasteiger partial charge < -0.3 is 9.42 Å². The molecule has 1 aromatic carbocycles. The Bertz CT molecular complexity index is 823. The third-order valence-corrected chi connectivity index (χ3v) is 6.36. The summed E-state index contributed by atoms with van der Waals surface area (Å²) in [5.74, 6) is 1.66. The first-order valence-electron chi connectivity index (χ1n) is 9.78. The molecule has 1 aromatic heterocycles. The van der Waals surface area contributed by atoms with Crippen LogP contribution < -0.4 is 0 Å². The molecule has 2 aromatic rings. The highest BCUT2D eigenvalue weighted by atomic mass is 16.5. The van der Waals surface area contributed by atoms with Gasteiger partial charge in [0, 0.05) is 26.6 Å². The van der Waals surface area contributed by atoms with Crippen LogP contribution in [-0.4, -0.2) is 52.5 Å². The van der Waals surface area contributed by atoms with E-state index in [4.69, 9.17) is 4.52 Å². The van der Waals surface area contributed by atoms with Crippen LogP contribution in [0.15, 0.2) is 28.8 Å². The van der Waals surface area contributed by atoms with Gasteiger partial charge in [0.25, 0.3) is 0 Å². The molecular formula is C21H28N4O2. The summed E-state index contributed by atoms with van der Waals surface area (Å²) in [5.41, 5.74) is 2.58. The van der Waals surface area contributed by atoms with Gasteiger partial charge in [0.2, 0.25) is 11.8 Å². The van der Waals surface area contributed by atoms with Gasteiger partial charge in [-0.25, -0.2) is 0 Å². The number of hydrogen-bond acceptors (Lipinski definition) is 5. The fourth-order valence-corrected chi connectivity index (χ4v) is 4.68. The molecule has 6 nitrogen and oxygen atoms in total. The number of likely N-dealkylation sites (tertiary alicyclic amines) is 2. The number of piperidine rings is 1. The van der Waals surface area contributed by atoms with E-state index in [-0.39, 0.29) is 17.4 Å². The SMILES string of the molecule is Cc1nc(C2CC3(CCN(C(=O)Cc4ccccc4C)CC3)CN2C)no1. The van der Waals surface area contributed by atoms with Crippen LogP contribution in [0.2, 0.25) is 0 Å². The minimum atomic E-state index is 0.219. The van der Waals surface area contributed by atoms with Gasteiger partial charge >= 0.3 is 0 Å². The van der Waals surface area contributed by atoms with Crippen LogP contribution in [0.3, 0.4) is 0 Å². The van der Waals surface area contributed by atoms with E-state index in [9.17, 15) is 4.79 Å². The molecule has 1 atom stereocenters. The minimum absolute atomic E-state index is 0.219. The van der Waals surface area contributed by atoms with E-state index in [1.807, 2.05) is 24.0 Å². The summed E-state index contributed by atoms with van der Waals surface area (Å²) in [4.78, 5) is 21.6. The highest BCUT2D eigenvalue weighted by molar-refractivity contribution is 5.79. The molecule has 0 bridgehead atoms. The Morgan fingerprint density at radius 3 is 2.67 bits per heavy atom. The van der Waals surface area contributed by atoms with Crippen LogP contribution >= 0.6 is 0 Å². The first-order valence-corrected chi connectivity index (χ1v) is 9.78. The standard InChI is InChI=1S/C21H28N4O2/c1-15-6-4-5-7-17(15)12-19(26)25-10-8-21(9-11-25)13-18(24(3)14-21)20-22-16(2)27-23-20/h4-7,18H,8-14H2,1-3H3. The van der Waals surface area contributed by atoms with Gasteiger partial charge in [-0.1, -0.05) is 29.4 Å². The first-order chi connectivity index (χ1) is 13.0. The quantitative estimate of drug-likeness (QED) is 0.834. The van der Waals surface area contributed by atoms with Gasteiger partial charge in [-0.2, -0.15) is 4.98 Å². The largest absolute Gasteiger partial charge is 0.342 e. The van der Waals surface area contributed by atoms with Gasteiger partial charge in [0.05, 0.1) is 12.5 Å². The lowest BCUT2D eigenvalue weighted by molar-refractivity contribution is -0.132. The predicted octanol–water partition coefficient (Wildman–Crippen LogP) is 2.91. The zero-order valence-electron chi connectivity index (χ0n) is 16.4. The molecule has 0 aliphatic carbocycles. The Balaban J connectivity index is 1.37. The molecule has 2 saturated heterocycles. The number of benzene rings is 1. The third kappa shape index (κ3) is 3.63. The topological polar surface area (TPSA) is 62.5 Å². The molecule has 0 radical (unpaired) electrons. The van der Waals surface area contributed by atoms with Crippen LogP contribution in [0.4, 0.5) is 0 Å². The predicted molar refractivity (Wildman–Crippen MR) is 102 cm³/mol. The summed E-state index contributed by atoms with van der Waals surface area (Å²) in [7, 11) is 2.14. The number of carbonyl (C=O) groups excluding carboxylic acids is 1. The maximum atomic E-state index is 12.8. The van der Waals surface area contributed by atoms with Gasteiger partial charge in [-0.15, -0.1) is 0 Å². The van der Waals surface area contributed by atoms with Crippen LogP contribution in [0, 0.1) is 19.3 Å². The van der Waals surface area contributed by atoms with Crippen molar-refractivity contribution in [3.63, 3.8) is 0 Å². The van der Waals surface area contributed by atoms with Gasteiger partial charge in [-0.3, -0.25) is 9.69 Å². The monoisotopic (exact) mass is 368 g/mol. The number of aryl methyl sites for hydroxylation is 2. The summed E-state index contributed by atoms with van der Waals surface area (Å²) in [6.45, 7) is 6.62. The van der Waals surface area contributed by atoms with Crippen LogP contribution in [0.1, 0.15) is 48.1 Å². The van der Waals surface area contributed by atoms with Gasteiger partial charge in [0.1, 0.15) is 0 Å². The summed E-state index contributed by atoms with van der Waals surface area (Å²) < 4.78 is 5.18. The summed E-state index contributed by atoms with van der Waals surface area (Å²) in [6, 6.07) is 8.38. The Morgan fingerprint density at radius 1 is 1.26 bits per heavy atom. The molecule has 27 heavy (non-hydrogen) atoms. The Morgan fingerprint density at radius 2 is 2.00 bits per heavy atom. The second kappa shape index (κ2) is 7.08. The van der Waals surface area contributed by atoms with Crippen molar-refractivity contribution in [3.05, 3.63) is 47.1 Å². The molecule has 4 rings (SSSR count). The van der Waals surface area contributed by atoms with Crippen molar-refractivity contribution in [2.24, 2.45) is 5.41 Å². The molecule has 6 heteroatoms. The number of rotatable bonds is 3. The van der Waals surface area contributed by atoms with E-state index in [0.29, 0.717) is 12.3 Å². The summed E-state index contributed by atoms with van der Waals surface area (Å²) in [5, 5.41) is 4.13. The van der Waals surface area contributed by atoms with E-state index >= 15 is 0 Å². The lowest BCUT2D eigenvalue weighted by Gasteiger charge is -2.39. The second-order valence-electron chi connectivity index (χ2n) is 8.29. The zero-order chi connectivity index (χ0) is 19.0. The molecule has 144 valence electrons. The van der Waals surface area contributed by atoms with E-state index in [1.54, 1.807) is 0 Å². The van der Waals surface area contributed by atoms with E-state index in [2.05, 4.69) is 41.1 Å². The van der Waals surface area contributed by atoms with E-state index in [0.717, 1.165) is 50.3 Å². The van der Waals surface area contributed by atoms with Crippen LogP contribution in [-0.2, 0) is 11.2 Å². The lowest BCUT2D eigenvalue weighted by Crippen LogP contribution is -2.44. The van der Waals surface area contributed by atoms with Crippen molar-refractivity contribution in [2.45, 2.75) is 45.6 Å². The fraction of sp³-hybridized carbons (Fsp3) is 0.571. The van der Waals surface area contributed by atoms with Gasteiger partial charge in [-0.05, 0) is 49.8 Å². The molecule has 1 amide bonds. The number of nitrogens with zero attached hydrogens (tertiary/aromatic N) is 4. The smallest absolute Gasteiger partial charge is 0.226 e. The lowest BCUT2D eigenvalue weighted by atomic mass is 9.76. The number of aromatic nitrogens is 2. The average Bonchev–Trinajstić information content (AvgIpc) is 3.21. The van der Waals surface area contributed by atoms with Crippen molar-refractivity contribution < 1.29 is 9.32 Å². The summed E-state index contributed by atoms with van der Waals surface area (Å²) >= 11 is 0. The number of hydrogen-bond donors (Lipinski definition) is 0. The molecule has 2 aliphatic rings. The van der Waals surface area contributed by atoms with E-state index < -0.39 is 0 Å². The molecule has 0 N–H and O–H groups in total. The van der Waals surface area contributed by atoms with Crippen LogP contribution in [0.25, 0.3) is 0 Å². The molecule has 1 spiro atoms. The number of carbonyl (C=O) groups is 1. The van der Waals surface area contributed by atoms with Gasteiger partial charge in [0.15, 0.2) is 5.82 Å². The molecule has 2 fully saturated rings. The maximum Gasteiger partial charge on any atom is 0.226 e. The highest BCUT2D eigenvalue weighted by Gasteiger charge is 2.46. The molecule has 0 saturated carbocycles. The Hall–Kier alpha value is -2.21. The molecular weight excluding hydrogens is 340 g/mol. The second-order valence-corrected chi connectivity index (χ2v) is 8.29. The number of amides is 1. The van der Waals surface area contributed by atoms with Crippen molar-refractivity contribution >= 4 is 5.91 Å². The van der Waals surface area contributed by atoms with Crippen molar-refractivity contribution in [3.8, 4) is 0 Å². The Kier molecular flexibility index (Phi) is 4.76.